The Morgan fingerprint density at radius 1 is 1.25 bits per heavy atom. The number of ketones is 1. The summed E-state index contributed by atoms with van der Waals surface area (Å²) < 4.78 is 11.4. The van der Waals surface area contributed by atoms with E-state index in [9.17, 15) is 4.79 Å². The lowest BCUT2D eigenvalue weighted by molar-refractivity contribution is 0.104. The number of nitrogen functional groups attached to an aromatic ring is 1. The van der Waals surface area contributed by atoms with Crippen molar-refractivity contribution in [3.8, 4) is 17.2 Å². The maximum Gasteiger partial charge on any atom is 0.224 e. The van der Waals surface area contributed by atoms with Crippen LogP contribution in [0.2, 0.25) is 0 Å². The molecule has 0 aliphatic carbocycles. The second-order valence-electron chi connectivity index (χ2n) is 6.68. The fourth-order valence-electron chi connectivity index (χ4n) is 2.48. The standard InChI is InChI=1S/C20H27N5O3/c1-12(2)13-9-16(27-6)14(15(26)7-8-25(4)5)10-17(13)28-18-11-23-20(22-3)24-19(18)21/h7-12H,1-6H3,(H3,21,22,23,24)/b8-7+. The minimum absolute atomic E-state index is 0.129. The third-order valence-corrected chi connectivity index (χ3v) is 3.97. The summed E-state index contributed by atoms with van der Waals surface area (Å²) >= 11 is 0. The summed E-state index contributed by atoms with van der Waals surface area (Å²) in [5.74, 6) is 1.83. The highest BCUT2D eigenvalue weighted by atomic mass is 16.5. The van der Waals surface area contributed by atoms with Gasteiger partial charge in [0.2, 0.25) is 5.95 Å². The molecular formula is C20H27N5O3. The quantitative estimate of drug-likeness (QED) is 0.527. The van der Waals surface area contributed by atoms with Crippen molar-refractivity contribution in [2.75, 3.05) is 39.3 Å². The minimum atomic E-state index is -0.194. The van der Waals surface area contributed by atoms with Gasteiger partial charge in [0.25, 0.3) is 0 Å². The maximum absolute atomic E-state index is 12.7. The lowest BCUT2D eigenvalue weighted by Crippen LogP contribution is -2.07. The normalized spacial score (nSPS) is 11.0. The number of methoxy groups -OCH3 is 1. The summed E-state index contributed by atoms with van der Waals surface area (Å²) in [4.78, 5) is 22.7. The van der Waals surface area contributed by atoms with Gasteiger partial charge in [-0.05, 0) is 18.1 Å². The first-order valence-electron chi connectivity index (χ1n) is 8.85. The van der Waals surface area contributed by atoms with Crippen molar-refractivity contribution in [3.63, 3.8) is 0 Å². The van der Waals surface area contributed by atoms with Crippen LogP contribution in [0.4, 0.5) is 11.8 Å². The Balaban J connectivity index is 2.52. The van der Waals surface area contributed by atoms with Gasteiger partial charge in [-0.2, -0.15) is 4.98 Å². The number of nitrogens with zero attached hydrogens (tertiary/aromatic N) is 3. The van der Waals surface area contributed by atoms with E-state index in [2.05, 4.69) is 15.3 Å². The van der Waals surface area contributed by atoms with Crippen molar-refractivity contribution < 1.29 is 14.3 Å². The van der Waals surface area contributed by atoms with Crippen LogP contribution in [-0.4, -0.2) is 48.9 Å². The predicted octanol–water partition coefficient (Wildman–Crippen LogP) is 3.28. The summed E-state index contributed by atoms with van der Waals surface area (Å²) in [6.07, 6.45) is 4.66. The van der Waals surface area contributed by atoms with E-state index in [0.717, 1.165) is 5.56 Å². The van der Waals surface area contributed by atoms with Crippen LogP contribution >= 0.6 is 0 Å². The number of nitrogens with two attached hydrogens (primary N) is 1. The molecule has 1 heterocycles. The highest BCUT2D eigenvalue weighted by molar-refractivity contribution is 6.07. The van der Waals surface area contributed by atoms with Crippen LogP contribution in [0.1, 0.15) is 35.7 Å². The van der Waals surface area contributed by atoms with E-state index in [-0.39, 0.29) is 17.5 Å². The second-order valence-corrected chi connectivity index (χ2v) is 6.68. The van der Waals surface area contributed by atoms with E-state index in [1.807, 2.05) is 34.0 Å². The molecule has 1 aromatic heterocycles. The van der Waals surface area contributed by atoms with Crippen molar-refractivity contribution in [3.05, 3.63) is 41.7 Å². The molecule has 3 N–H and O–H groups in total. The fourth-order valence-corrected chi connectivity index (χ4v) is 2.48. The maximum atomic E-state index is 12.7. The van der Waals surface area contributed by atoms with Crippen LogP contribution < -0.4 is 20.5 Å². The van der Waals surface area contributed by atoms with Gasteiger partial charge in [-0.3, -0.25) is 4.79 Å². The number of carbonyl (C=O) groups is 1. The Morgan fingerprint density at radius 3 is 2.50 bits per heavy atom. The number of nitrogens with one attached hydrogen (secondary N) is 1. The number of rotatable bonds is 8. The number of benzene rings is 1. The molecule has 8 heteroatoms. The Kier molecular flexibility index (Phi) is 6.81. The molecule has 0 saturated carbocycles. The van der Waals surface area contributed by atoms with Crippen molar-refractivity contribution in [2.45, 2.75) is 19.8 Å². The lowest BCUT2D eigenvalue weighted by Gasteiger charge is -2.18. The average Bonchev–Trinajstić information content (AvgIpc) is 2.66. The van der Waals surface area contributed by atoms with Gasteiger partial charge in [-0.15, -0.1) is 0 Å². The average molecular weight is 385 g/mol. The Bertz CT molecular complexity index is 878. The topological polar surface area (TPSA) is 103 Å². The van der Waals surface area contributed by atoms with Gasteiger partial charge in [0.15, 0.2) is 17.4 Å². The molecule has 8 nitrogen and oxygen atoms in total. The molecule has 0 fully saturated rings. The molecule has 0 amide bonds. The molecule has 0 atom stereocenters. The van der Waals surface area contributed by atoms with Gasteiger partial charge < -0.3 is 25.4 Å². The monoisotopic (exact) mass is 385 g/mol. The largest absolute Gasteiger partial charge is 0.496 e. The predicted molar refractivity (Wildman–Crippen MR) is 110 cm³/mol. The summed E-state index contributed by atoms with van der Waals surface area (Å²) in [7, 11) is 6.92. The molecule has 0 saturated heterocycles. The molecule has 28 heavy (non-hydrogen) atoms. The van der Waals surface area contributed by atoms with E-state index in [0.29, 0.717) is 28.8 Å². The zero-order valence-corrected chi connectivity index (χ0v) is 17.1. The van der Waals surface area contributed by atoms with Gasteiger partial charge >= 0.3 is 0 Å². The molecule has 0 aliphatic rings. The molecule has 0 spiro atoms. The zero-order valence-electron chi connectivity index (χ0n) is 17.1. The van der Waals surface area contributed by atoms with Crippen LogP contribution in [0.3, 0.4) is 0 Å². The first kappa shape index (κ1) is 21.0. The number of allylic oxidation sites excluding steroid dienone is 1. The van der Waals surface area contributed by atoms with Gasteiger partial charge in [0.05, 0.1) is 18.9 Å². The molecular weight excluding hydrogens is 358 g/mol. The highest BCUT2D eigenvalue weighted by Gasteiger charge is 2.19. The Morgan fingerprint density at radius 2 is 1.96 bits per heavy atom. The summed E-state index contributed by atoms with van der Waals surface area (Å²) in [6, 6.07) is 3.48. The van der Waals surface area contributed by atoms with Crippen LogP contribution in [0, 0.1) is 0 Å². The van der Waals surface area contributed by atoms with Crippen LogP contribution in [0.5, 0.6) is 17.2 Å². The van der Waals surface area contributed by atoms with E-state index >= 15 is 0 Å². The zero-order chi connectivity index (χ0) is 20.8. The van der Waals surface area contributed by atoms with E-state index < -0.39 is 0 Å². The highest BCUT2D eigenvalue weighted by Crippen LogP contribution is 2.37. The van der Waals surface area contributed by atoms with Gasteiger partial charge in [0.1, 0.15) is 11.5 Å². The molecule has 150 valence electrons. The third-order valence-electron chi connectivity index (χ3n) is 3.97. The molecule has 0 radical (unpaired) electrons. The first-order chi connectivity index (χ1) is 13.3. The summed E-state index contributed by atoms with van der Waals surface area (Å²) in [6.45, 7) is 4.05. The molecule has 1 aromatic carbocycles. The number of carbonyl (C=O) groups excluding carboxylic acids is 1. The van der Waals surface area contributed by atoms with E-state index in [1.165, 1.54) is 19.4 Å². The van der Waals surface area contributed by atoms with Crippen LogP contribution in [0.15, 0.2) is 30.6 Å². The lowest BCUT2D eigenvalue weighted by atomic mass is 9.97. The Labute approximate surface area is 165 Å². The van der Waals surface area contributed by atoms with Crippen LogP contribution in [0.25, 0.3) is 0 Å². The van der Waals surface area contributed by atoms with Crippen molar-refractivity contribution in [1.29, 1.82) is 0 Å². The number of aromatic nitrogens is 2. The molecule has 2 rings (SSSR count). The smallest absolute Gasteiger partial charge is 0.224 e. The van der Waals surface area contributed by atoms with Crippen LogP contribution in [-0.2, 0) is 0 Å². The fraction of sp³-hybridized carbons (Fsp3) is 0.350. The SMILES string of the molecule is CNc1ncc(Oc2cc(C(=O)/C=C/N(C)C)c(OC)cc2C(C)C)c(N)n1. The number of hydrogen-bond donors (Lipinski definition) is 2. The van der Waals surface area contributed by atoms with Gasteiger partial charge in [0, 0.05) is 39.0 Å². The first-order valence-corrected chi connectivity index (χ1v) is 8.85. The molecule has 0 unspecified atom stereocenters. The Hall–Kier alpha value is -3.29. The number of ether oxygens (including phenoxy) is 2. The van der Waals surface area contributed by atoms with Crippen molar-refractivity contribution in [2.24, 2.45) is 0 Å². The van der Waals surface area contributed by atoms with Crippen molar-refractivity contribution >= 4 is 17.5 Å². The third kappa shape index (κ3) is 4.91. The van der Waals surface area contributed by atoms with Gasteiger partial charge in [-0.25, -0.2) is 4.98 Å². The number of anilines is 2. The van der Waals surface area contributed by atoms with E-state index in [1.54, 1.807) is 24.2 Å². The summed E-state index contributed by atoms with van der Waals surface area (Å²) in [5.41, 5.74) is 7.25. The molecule has 0 aliphatic heterocycles. The molecule has 2 aromatic rings. The molecule has 0 bridgehead atoms. The summed E-state index contributed by atoms with van der Waals surface area (Å²) in [5, 5.41) is 2.82. The van der Waals surface area contributed by atoms with E-state index in [4.69, 9.17) is 15.2 Å². The van der Waals surface area contributed by atoms with Crippen molar-refractivity contribution in [1.82, 2.24) is 14.9 Å². The van der Waals surface area contributed by atoms with Gasteiger partial charge in [-0.1, -0.05) is 13.8 Å². The second kappa shape index (κ2) is 9.07. The minimum Gasteiger partial charge on any atom is -0.496 e. The number of hydrogen-bond acceptors (Lipinski definition) is 8.